The van der Waals surface area contributed by atoms with Crippen molar-refractivity contribution >= 4 is 96.0 Å². The van der Waals surface area contributed by atoms with E-state index in [0.29, 0.717) is 38.5 Å². The number of rotatable bonds is 18. The lowest BCUT2D eigenvalue weighted by atomic mass is 9.94. The highest BCUT2D eigenvalue weighted by Gasteiger charge is 2.42. The van der Waals surface area contributed by atoms with Crippen LogP contribution in [-0.2, 0) is 42.9 Å². The van der Waals surface area contributed by atoms with Gasteiger partial charge < -0.3 is 48.8 Å². The van der Waals surface area contributed by atoms with E-state index < -0.39 is 41.6 Å². The maximum absolute atomic E-state index is 13.7. The van der Waals surface area contributed by atoms with Crippen molar-refractivity contribution < 1.29 is 47.7 Å². The summed E-state index contributed by atoms with van der Waals surface area (Å²) < 4.78 is 26.4. The number of amides is 3. The molecule has 8 atom stereocenters. The highest BCUT2D eigenvalue weighted by Crippen LogP contribution is 2.39. The summed E-state index contributed by atoms with van der Waals surface area (Å²) in [6, 6.07) is 38.9. The Hall–Kier alpha value is -9.37. The summed E-state index contributed by atoms with van der Waals surface area (Å²) in [6.45, 7) is 12.3. The first-order chi connectivity index (χ1) is 47.8. The summed E-state index contributed by atoms with van der Waals surface area (Å²) in [7, 11) is 5.80. The number of hydrogen-bond acceptors (Lipinski definition) is 15. The lowest BCUT2D eigenvalue weighted by Gasteiger charge is -2.31. The molecule has 2 aromatic heterocycles. The van der Waals surface area contributed by atoms with E-state index in [9.17, 15) is 24.0 Å². The molecule has 0 saturated carbocycles. The van der Waals surface area contributed by atoms with Crippen molar-refractivity contribution in [3.63, 3.8) is 0 Å². The van der Waals surface area contributed by atoms with Gasteiger partial charge >= 0.3 is 18.0 Å². The van der Waals surface area contributed by atoms with E-state index in [1.54, 1.807) is 19.1 Å². The van der Waals surface area contributed by atoms with Crippen LogP contribution in [0.2, 0.25) is 0 Å². The number of esters is 2. The van der Waals surface area contributed by atoms with Crippen molar-refractivity contribution in [2.24, 2.45) is 21.8 Å². The van der Waals surface area contributed by atoms with Crippen LogP contribution in [0.5, 0.6) is 0 Å². The summed E-state index contributed by atoms with van der Waals surface area (Å²) in [5.74, 6) is -0.376. The summed E-state index contributed by atoms with van der Waals surface area (Å²) in [6.07, 6.45) is 11.7. The molecule has 14 rings (SSSR count). The topological polar surface area (TPSA) is 235 Å². The third-order valence-corrected chi connectivity index (χ3v) is 20.8. The zero-order valence-corrected chi connectivity index (χ0v) is 58.2. The molecular weight excluding hydrogens is 1250 g/mol. The minimum absolute atomic E-state index is 0.000812. The van der Waals surface area contributed by atoms with Gasteiger partial charge in [0.05, 0.1) is 97.3 Å². The molecule has 6 aliphatic rings. The smallest absolute Gasteiger partial charge is 0.410 e. The molecule has 0 radical (unpaired) electrons. The minimum Gasteiger partial charge on any atom is -0.469 e. The number of methoxy groups -OCH3 is 4. The van der Waals surface area contributed by atoms with Crippen molar-refractivity contribution in [1.29, 1.82) is 0 Å². The van der Waals surface area contributed by atoms with Gasteiger partial charge in [0, 0.05) is 70.5 Å². The first-order valence-corrected chi connectivity index (χ1v) is 35.0. The molecule has 99 heavy (non-hydrogen) atoms. The minimum atomic E-state index is -0.611. The summed E-state index contributed by atoms with van der Waals surface area (Å²) in [5, 5.41) is 8.14. The van der Waals surface area contributed by atoms with Gasteiger partial charge in [-0.3, -0.25) is 34.1 Å². The highest BCUT2D eigenvalue weighted by atomic mass is 16.6. The number of likely N-dealkylation sites (tertiary alicyclic amines) is 3. The number of carbonyl (C=O) groups is 5. The second-order valence-electron chi connectivity index (χ2n) is 28.2. The molecule has 0 bridgehead atoms. The Kier molecular flexibility index (Phi) is 20.1. The van der Waals surface area contributed by atoms with E-state index in [4.69, 9.17) is 43.6 Å². The third kappa shape index (κ3) is 14.7. The number of hydrogen-bond donors (Lipinski definition) is 3. The molecule has 6 aromatic carbocycles. The van der Waals surface area contributed by atoms with Crippen molar-refractivity contribution in [3.05, 3.63) is 144 Å². The SMILES string of the molecule is COC(=O)C[C@H](C(=O)N1CCC[C@H]1C1=NC=C(c2ccc3cc(-c4ccc5nc(C6CCCN6)[nH]c5c4)ccc3c2)C1)[C@@H](C)OC.COC(=O)C[C@H](C(=O)N1CCC[C@H]1C1=NC=C(c2ccc3cc(-c4ccc5nc([C@@H]6CCCN6C(=O)OC(C)(C)C)[nH]c5c4)ccc3c2)C1)[C@@H](C)OC. The molecule has 6 aliphatic heterocycles. The number of aromatic nitrogens is 4. The Balaban J connectivity index is 0.000000179. The molecule has 1 unspecified atom stereocenters. The average Bonchev–Trinajstić information content (AvgIpc) is 1.67. The van der Waals surface area contributed by atoms with E-state index in [1.165, 1.54) is 37.0 Å². The number of aliphatic imine (C=N–C) groups is 2. The van der Waals surface area contributed by atoms with Gasteiger partial charge in [-0.2, -0.15) is 0 Å². The molecule has 8 heterocycles. The van der Waals surface area contributed by atoms with Crippen molar-refractivity contribution in [2.45, 2.75) is 154 Å². The number of imidazole rings is 2. The number of ether oxygens (including phenoxy) is 5. The van der Waals surface area contributed by atoms with E-state index in [2.05, 4.69) is 118 Å². The number of nitrogens with zero attached hydrogens (tertiary/aromatic N) is 7. The van der Waals surface area contributed by atoms with Crippen LogP contribution >= 0.6 is 0 Å². The second-order valence-corrected chi connectivity index (χ2v) is 28.2. The van der Waals surface area contributed by atoms with Crippen LogP contribution < -0.4 is 5.32 Å². The predicted molar refractivity (Wildman–Crippen MR) is 386 cm³/mol. The predicted octanol–water partition coefficient (Wildman–Crippen LogP) is 14.0. The molecule has 8 aromatic rings. The van der Waals surface area contributed by atoms with Gasteiger partial charge in [0.25, 0.3) is 0 Å². The monoisotopic (exact) mass is 1340 g/mol. The lowest BCUT2D eigenvalue weighted by Crippen LogP contribution is -2.46. The first-order valence-electron chi connectivity index (χ1n) is 35.0. The van der Waals surface area contributed by atoms with E-state index in [-0.39, 0.29) is 48.9 Å². The summed E-state index contributed by atoms with van der Waals surface area (Å²) in [5.41, 5.74) is 14.3. The number of nitrogens with one attached hydrogen (secondary N) is 3. The fourth-order valence-corrected chi connectivity index (χ4v) is 15.1. The van der Waals surface area contributed by atoms with Crippen molar-refractivity contribution in [3.8, 4) is 22.3 Å². The van der Waals surface area contributed by atoms with Gasteiger partial charge in [0.15, 0.2) is 0 Å². The Morgan fingerprint density at radius 1 is 0.505 bits per heavy atom. The van der Waals surface area contributed by atoms with Crippen LogP contribution in [0.4, 0.5) is 4.79 Å². The van der Waals surface area contributed by atoms with Gasteiger partial charge in [-0.1, -0.05) is 60.7 Å². The van der Waals surface area contributed by atoms with E-state index in [0.717, 1.165) is 146 Å². The Labute approximate surface area is 577 Å². The largest absolute Gasteiger partial charge is 0.469 e. The van der Waals surface area contributed by atoms with Gasteiger partial charge in [0.1, 0.15) is 17.2 Å². The fourth-order valence-electron chi connectivity index (χ4n) is 15.1. The van der Waals surface area contributed by atoms with E-state index >= 15 is 0 Å². The maximum atomic E-state index is 13.7. The fraction of sp³-hybridized carbons (Fsp3) is 0.430. The zero-order chi connectivity index (χ0) is 69.2. The number of aromatic amines is 2. The number of fused-ring (bicyclic) bond motifs is 4. The number of H-pyrrole nitrogens is 2. The van der Waals surface area contributed by atoms with Crippen LogP contribution in [0.25, 0.3) is 77.0 Å². The molecular formula is C79H90N10O10. The average molecular weight is 1340 g/mol. The molecule has 0 spiro atoms. The van der Waals surface area contributed by atoms with Crippen LogP contribution in [0, 0.1) is 11.8 Å². The number of benzene rings is 6. The third-order valence-electron chi connectivity index (χ3n) is 20.8. The zero-order valence-electron chi connectivity index (χ0n) is 58.2. The van der Waals surface area contributed by atoms with Crippen LogP contribution in [0.3, 0.4) is 0 Å². The maximum Gasteiger partial charge on any atom is 0.410 e. The molecule has 3 N–H and O–H groups in total. The molecule has 4 saturated heterocycles. The summed E-state index contributed by atoms with van der Waals surface area (Å²) >= 11 is 0. The standard InChI is InChI=1S/C42H49N5O6.C37H41N5O4/c1-25(51-5)32(23-38(48)52-6)40(49)46-17-7-9-36(46)35-22-31(24-43-35)29-14-13-26-19-28(12-11-27(26)20-29)30-15-16-33-34(21-30)45-39(44-33)37-10-8-18-47(37)41(50)53-42(2,3)4;1-22(45-2)29(20-35(43)46-3)37(44)42-15-5-7-34(42)33-19-28(21-39-33)26-11-10-23-16-25(9-8-24(23)17-26)27-12-13-30-32(18-27)41-36(40-30)31-6-4-14-38-31/h11-16,19-21,24-25,32,36-37H,7-10,17-18,22-23H2,1-6H3,(H,44,45);8-13,16-18,21-22,29,31,34,38H,4-7,14-15,19-20H2,1-3H3,(H,40,41)/t25-,32+,36+,37+;22-,29+,31?,34+/m11/s1. The summed E-state index contributed by atoms with van der Waals surface area (Å²) in [4.78, 5) is 96.5. The molecule has 3 amide bonds. The normalized spacial score (nSPS) is 20.6. The Bertz CT molecular complexity index is 4530. The van der Waals surface area contributed by atoms with Gasteiger partial charge in [-0.15, -0.1) is 0 Å². The van der Waals surface area contributed by atoms with Gasteiger partial charge in [0.2, 0.25) is 11.8 Å². The molecule has 20 heteroatoms. The van der Waals surface area contributed by atoms with Crippen molar-refractivity contribution in [2.75, 3.05) is 54.6 Å². The Morgan fingerprint density at radius 2 is 0.919 bits per heavy atom. The van der Waals surface area contributed by atoms with Crippen LogP contribution in [0.1, 0.15) is 147 Å². The van der Waals surface area contributed by atoms with Gasteiger partial charge in [-0.25, -0.2) is 14.8 Å². The van der Waals surface area contributed by atoms with E-state index in [1.807, 2.05) is 62.9 Å². The van der Waals surface area contributed by atoms with Gasteiger partial charge in [-0.05, 0) is 207 Å². The van der Waals surface area contributed by atoms with Crippen LogP contribution in [0.15, 0.2) is 132 Å². The molecule has 4 fully saturated rings. The lowest BCUT2D eigenvalue weighted by molar-refractivity contribution is -0.150. The highest BCUT2D eigenvalue weighted by molar-refractivity contribution is 6.06. The van der Waals surface area contributed by atoms with Crippen LogP contribution in [-0.4, -0.2) is 160 Å². The quantitative estimate of drug-likeness (QED) is 0.0536. The molecule has 20 nitrogen and oxygen atoms in total. The number of allylic oxidation sites excluding steroid dienone is 2. The second kappa shape index (κ2) is 29.2. The molecule has 516 valence electrons. The molecule has 0 aliphatic carbocycles. The first kappa shape index (κ1) is 68.2. The Morgan fingerprint density at radius 3 is 1.36 bits per heavy atom. The number of carbonyl (C=O) groups excluding carboxylic acids is 5. The van der Waals surface area contributed by atoms with Crippen molar-refractivity contribution in [1.82, 2.24) is 40.0 Å².